The molecule has 154 valence electrons. The van der Waals surface area contributed by atoms with Crippen LogP contribution < -0.4 is 11.1 Å². The van der Waals surface area contributed by atoms with E-state index in [1.807, 2.05) is 39.0 Å². The summed E-state index contributed by atoms with van der Waals surface area (Å²) in [7, 11) is 0. The van der Waals surface area contributed by atoms with Gasteiger partial charge in [0.1, 0.15) is 11.2 Å². The molecule has 1 aromatic carbocycles. The summed E-state index contributed by atoms with van der Waals surface area (Å²) >= 11 is 0. The minimum absolute atomic E-state index is 0.306. The van der Waals surface area contributed by atoms with E-state index in [0.717, 1.165) is 11.1 Å². The lowest BCUT2D eigenvalue weighted by Gasteiger charge is -2.29. The molecule has 0 saturated carbocycles. The van der Waals surface area contributed by atoms with Gasteiger partial charge in [-0.05, 0) is 71.2 Å². The van der Waals surface area contributed by atoms with Crippen LogP contribution in [0, 0.1) is 0 Å². The van der Waals surface area contributed by atoms with Crippen LogP contribution in [0.25, 0.3) is 5.57 Å². The van der Waals surface area contributed by atoms with Crippen LogP contribution in [0.3, 0.4) is 0 Å². The lowest BCUT2D eigenvalue weighted by atomic mass is 9.98. The van der Waals surface area contributed by atoms with Crippen molar-refractivity contribution in [2.45, 2.75) is 59.2 Å². The first-order valence-corrected chi connectivity index (χ1v) is 9.41. The fourth-order valence-electron chi connectivity index (χ4n) is 2.71. The van der Waals surface area contributed by atoms with Crippen molar-refractivity contribution in [2.75, 3.05) is 24.1 Å². The highest BCUT2D eigenvalue weighted by Gasteiger charge is 2.24. The number of carbonyl (C=O) groups is 2. The second-order valence-electron chi connectivity index (χ2n) is 8.83. The Balaban J connectivity index is 2.02. The van der Waals surface area contributed by atoms with Gasteiger partial charge in [-0.3, -0.25) is 5.32 Å². The van der Waals surface area contributed by atoms with Crippen LogP contribution in [0.15, 0.2) is 24.3 Å². The Morgan fingerprint density at radius 1 is 1.07 bits per heavy atom. The first-order valence-electron chi connectivity index (χ1n) is 9.41. The normalized spacial score (nSPS) is 14.9. The van der Waals surface area contributed by atoms with E-state index in [9.17, 15) is 9.59 Å². The second kappa shape index (κ2) is 8.12. The van der Waals surface area contributed by atoms with Crippen molar-refractivity contribution in [3.05, 3.63) is 29.8 Å². The lowest BCUT2D eigenvalue weighted by molar-refractivity contribution is 0.0270. The zero-order valence-electron chi connectivity index (χ0n) is 17.6. The monoisotopic (exact) mass is 389 g/mol. The Bertz CT molecular complexity index is 773. The van der Waals surface area contributed by atoms with E-state index in [0.29, 0.717) is 30.9 Å². The molecule has 0 fully saturated rings. The molecule has 2 amide bonds. The van der Waals surface area contributed by atoms with Gasteiger partial charge < -0.3 is 20.1 Å². The van der Waals surface area contributed by atoms with Crippen LogP contribution in [0.2, 0.25) is 0 Å². The molecule has 0 spiro atoms. The van der Waals surface area contributed by atoms with Crippen LogP contribution in [0.4, 0.5) is 21.0 Å². The molecule has 0 aromatic heterocycles. The zero-order valence-corrected chi connectivity index (χ0v) is 17.6. The number of nitrogens with two attached hydrogens (primary N) is 1. The van der Waals surface area contributed by atoms with Gasteiger partial charge in [-0.15, -0.1) is 0 Å². The summed E-state index contributed by atoms with van der Waals surface area (Å²) in [5, 5.41) is 2.67. The smallest absolute Gasteiger partial charge is 0.412 e. The topological polar surface area (TPSA) is 93.9 Å². The van der Waals surface area contributed by atoms with Crippen molar-refractivity contribution in [1.29, 1.82) is 0 Å². The number of hydrogen-bond acceptors (Lipinski definition) is 5. The predicted octanol–water partition coefficient (Wildman–Crippen LogP) is 4.64. The minimum Gasteiger partial charge on any atom is -0.444 e. The largest absolute Gasteiger partial charge is 0.444 e. The molecule has 0 bridgehead atoms. The fourth-order valence-corrected chi connectivity index (χ4v) is 2.71. The van der Waals surface area contributed by atoms with Crippen molar-refractivity contribution in [3.63, 3.8) is 0 Å². The molecule has 1 aromatic rings. The lowest BCUT2D eigenvalue weighted by Crippen LogP contribution is -2.39. The summed E-state index contributed by atoms with van der Waals surface area (Å²) < 4.78 is 10.7. The number of amides is 2. The van der Waals surface area contributed by atoms with E-state index in [4.69, 9.17) is 15.2 Å². The molecule has 0 aliphatic carbocycles. The predicted molar refractivity (Wildman–Crippen MR) is 111 cm³/mol. The number of nitrogens with one attached hydrogen (secondary N) is 1. The number of rotatable bonds is 2. The Morgan fingerprint density at radius 2 is 1.71 bits per heavy atom. The maximum absolute atomic E-state index is 12.2. The van der Waals surface area contributed by atoms with E-state index in [1.165, 1.54) is 0 Å². The maximum atomic E-state index is 12.2. The van der Waals surface area contributed by atoms with E-state index < -0.39 is 17.3 Å². The number of hydrogen-bond donors (Lipinski definition) is 2. The van der Waals surface area contributed by atoms with Gasteiger partial charge in [-0.25, -0.2) is 9.59 Å². The maximum Gasteiger partial charge on any atom is 0.412 e. The molecular formula is C21H31N3O4. The summed E-state index contributed by atoms with van der Waals surface area (Å²) in [5.41, 5.74) is 8.05. The molecule has 2 rings (SSSR count). The van der Waals surface area contributed by atoms with Crippen LogP contribution in [-0.2, 0) is 9.47 Å². The molecule has 3 N–H and O–H groups in total. The highest BCUT2D eigenvalue weighted by atomic mass is 16.6. The number of benzene rings is 1. The number of ether oxygens (including phenoxy) is 2. The van der Waals surface area contributed by atoms with E-state index in [2.05, 4.69) is 5.32 Å². The summed E-state index contributed by atoms with van der Waals surface area (Å²) in [6.45, 7) is 12.0. The van der Waals surface area contributed by atoms with Crippen LogP contribution >= 0.6 is 0 Å². The van der Waals surface area contributed by atoms with Gasteiger partial charge in [0.2, 0.25) is 0 Å². The van der Waals surface area contributed by atoms with Gasteiger partial charge in [0, 0.05) is 13.1 Å². The first-order chi connectivity index (χ1) is 12.8. The van der Waals surface area contributed by atoms with Crippen molar-refractivity contribution in [1.82, 2.24) is 4.90 Å². The SMILES string of the molecule is CC(C)(C)OC(=O)Nc1ccc(C2=CCN(C(=O)OC(C)(C)C)CC2)cc1N. The Morgan fingerprint density at radius 3 is 2.21 bits per heavy atom. The first kappa shape index (κ1) is 21.6. The third-order valence-corrected chi connectivity index (χ3v) is 3.92. The average Bonchev–Trinajstić information content (AvgIpc) is 2.53. The molecule has 0 atom stereocenters. The fraction of sp³-hybridized carbons (Fsp3) is 0.524. The van der Waals surface area contributed by atoms with Crippen LogP contribution in [-0.4, -0.2) is 41.4 Å². The van der Waals surface area contributed by atoms with Gasteiger partial charge in [0.05, 0.1) is 11.4 Å². The summed E-state index contributed by atoms with van der Waals surface area (Å²) in [6.07, 6.45) is 1.86. The highest BCUT2D eigenvalue weighted by Crippen LogP contribution is 2.28. The number of nitrogens with zero attached hydrogens (tertiary/aromatic N) is 1. The van der Waals surface area contributed by atoms with Gasteiger partial charge in [0.25, 0.3) is 0 Å². The van der Waals surface area contributed by atoms with Crippen LogP contribution in [0.1, 0.15) is 53.5 Å². The van der Waals surface area contributed by atoms with Crippen molar-refractivity contribution >= 4 is 29.1 Å². The molecule has 0 radical (unpaired) electrons. The molecule has 1 heterocycles. The van der Waals surface area contributed by atoms with Crippen molar-refractivity contribution in [3.8, 4) is 0 Å². The number of anilines is 2. The van der Waals surface area contributed by atoms with E-state index >= 15 is 0 Å². The van der Waals surface area contributed by atoms with E-state index in [-0.39, 0.29) is 6.09 Å². The van der Waals surface area contributed by atoms with Crippen molar-refractivity contribution in [2.24, 2.45) is 0 Å². The van der Waals surface area contributed by atoms with Gasteiger partial charge in [-0.2, -0.15) is 0 Å². The molecule has 1 aliphatic heterocycles. The summed E-state index contributed by atoms with van der Waals surface area (Å²) in [5.74, 6) is 0. The average molecular weight is 389 g/mol. The Kier molecular flexibility index (Phi) is 6.27. The van der Waals surface area contributed by atoms with Gasteiger partial charge >= 0.3 is 12.2 Å². The van der Waals surface area contributed by atoms with Gasteiger partial charge in [0.15, 0.2) is 0 Å². The molecule has 1 aliphatic rings. The molecule has 0 saturated heterocycles. The Hall–Kier alpha value is -2.70. The summed E-state index contributed by atoms with van der Waals surface area (Å²) in [4.78, 5) is 25.8. The molecule has 28 heavy (non-hydrogen) atoms. The molecule has 7 heteroatoms. The molecular weight excluding hydrogens is 358 g/mol. The van der Waals surface area contributed by atoms with E-state index in [1.54, 1.807) is 31.7 Å². The molecule has 0 unspecified atom stereocenters. The minimum atomic E-state index is -0.578. The zero-order chi connectivity index (χ0) is 21.1. The quantitative estimate of drug-likeness (QED) is 0.719. The Labute approximate surface area is 166 Å². The number of carbonyl (C=O) groups excluding carboxylic acids is 2. The molecule has 7 nitrogen and oxygen atoms in total. The van der Waals surface area contributed by atoms with Gasteiger partial charge in [-0.1, -0.05) is 12.1 Å². The van der Waals surface area contributed by atoms with Crippen LogP contribution in [0.5, 0.6) is 0 Å². The number of nitrogen functional groups attached to an aromatic ring is 1. The third-order valence-electron chi connectivity index (χ3n) is 3.92. The summed E-state index contributed by atoms with van der Waals surface area (Å²) in [6, 6.07) is 5.48. The second-order valence-corrected chi connectivity index (χ2v) is 8.83. The third kappa shape index (κ3) is 6.48. The standard InChI is InChI=1S/C21H31N3O4/c1-20(2,3)27-18(25)23-17-8-7-15(13-16(17)22)14-9-11-24(12-10-14)19(26)28-21(4,5)6/h7-9,13H,10-12,22H2,1-6H3,(H,23,25). The van der Waals surface area contributed by atoms with Crippen molar-refractivity contribution < 1.29 is 19.1 Å². The highest BCUT2D eigenvalue weighted by molar-refractivity contribution is 5.90.